The molecule has 1 heterocycles. The molecule has 2 nitrogen and oxygen atoms in total. The summed E-state index contributed by atoms with van der Waals surface area (Å²) >= 11 is 0. The van der Waals surface area contributed by atoms with Gasteiger partial charge in [0.2, 0.25) is 0 Å². The minimum absolute atomic E-state index is 0.507. The first kappa shape index (κ1) is 14.3. The van der Waals surface area contributed by atoms with Gasteiger partial charge < -0.3 is 10.2 Å². The molecule has 106 valence electrons. The van der Waals surface area contributed by atoms with Gasteiger partial charge in [-0.2, -0.15) is 0 Å². The van der Waals surface area contributed by atoms with Crippen LogP contribution in [0.1, 0.15) is 52.9 Å². The molecule has 2 heteroatoms. The molecule has 1 saturated carbocycles. The van der Waals surface area contributed by atoms with Crippen LogP contribution in [-0.2, 0) is 0 Å². The van der Waals surface area contributed by atoms with Crippen LogP contribution in [0.3, 0.4) is 0 Å². The van der Waals surface area contributed by atoms with Crippen LogP contribution in [0.5, 0.6) is 0 Å². The standard InChI is InChI=1S/C16H32N2/c1-16(2,3)14-8-10-18(11-9-14)12-13-6-5-7-15(13)17-4/h13-15,17H,5-12H2,1-4H3. The molecule has 0 amide bonds. The molecule has 0 aromatic rings. The van der Waals surface area contributed by atoms with Crippen molar-refractivity contribution in [2.45, 2.75) is 58.9 Å². The highest BCUT2D eigenvalue weighted by molar-refractivity contribution is 4.87. The lowest BCUT2D eigenvalue weighted by atomic mass is 9.75. The van der Waals surface area contributed by atoms with E-state index in [9.17, 15) is 0 Å². The zero-order chi connectivity index (χ0) is 13.2. The average Bonchev–Trinajstić information content (AvgIpc) is 2.76. The maximum atomic E-state index is 3.51. The van der Waals surface area contributed by atoms with E-state index in [1.807, 2.05) is 0 Å². The summed E-state index contributed by atoms with van der Waals surface area (Å²) in [6.45, 7) is 11.2. The van der Waals surface area contributed by atoms with Crippen LogP contribution in [-0.4, -0.2) is 37.6 Å². The summed E-state index contributed by atoms with van der Waals surface area (Å²) in [4.78, 5) is 2.72. The minimum Gasteiger partial charge on any atom is -0.317 e. The molecule has 0 spiro atoms. The second-order valence-electron chi connectivity index (χ2n) is 7.53. The van der Waals surface area contributed by atoms with E-state index >= 15 is 0 Å². The van der Waals surface area contributed by atoms with E-state index in [2.05, 4.69) is 38.0 Å². The molecule has 18 heavy (non-hydrogen) atoms. The Morgan fingerprint density at radius 2 is 1.72 bits per heavy atom. The van der Waals surface area contributed by atoms with Gasteiger partial charge >= 0.3 is 0 Å². The molecule has 0 aromatic heterocycles. The number of rotatable bonds is 3. The van der Waals surface area contributed by atoms with Gasteiger partial charge in [-0.05, 0) is 63.1 Å². The van der Waals surface area contributed by atoms with Crippen molar-refractivity contribution in [3.8, 4) is 0 Å². The van der Waals surface area contributed by atoms with Gasteiger partial charge in [0.1, 0.15) is 0 Å². The van der Waals surface area contributed by atoms with Crippen molar-refractivity contribution in [2.75, 3.05) is 26.7 Å². The molecule has 0 radical (unpaired) electrons. The zero-order valence-corrected chi connectivity index (χ0v) is 12.8. The molecule has 1 N–H and O–H groups in total. The molecule has 2 fully saturated rings. The monoisotopic (exact) mass is 252 g/mol. The van der Waals surface area contributed by atoms with E-state index in [1.165, 1.54) is 51.7 Å². The first-order valence-electron chi connectivity index (χ1n) is 7.90. The fourth-order valence-corrected chi connectivity index (χ4v) is 3.95. The van der Waals surface area contributed by atoms with Gasteiger partial charge in [0.25, 0.3) is 0 Å². The van der Waals surface area contributed by atoms with Gasteiger partial charge in [0.05, 0.1) is 0 Å². The lowest BCUT2D eigenvalue weighted by Crippen LogP contribution is -2.43. The first-order valence-corrected chi connectivity index (χ1v) is 7.90. The van der Waals surface area contributed by atoms with Gasteiger partial charge in [-0.3, -0.25) is 0 Å². The van der Waals surface area contributed by atoms with E-state index < -0.39 is 0 Å². The van der Waals surface area contributed by atoms with Crippen molar-refractivity contribution >= 4 is 0 Å². The van der Waals surface area contributed by atoms with Crippen molar-refractivity contribution in [2.24, 2.45) is 17.3 Å². The Morgan fingerprint density at radius 1 is 1.06 bits per heavy atom. The highest BCUT2D eigenvalue weighted by atomic mass is 15.1. The molecule has 0 bridgehead atoms. The summed E-state index contributed by atoms with van der Waals surface area (Å²) in [5, 5.41) is 3.51. The number of likely N-dealkylation sites (tertiary alicyclic amines) is 1. The Labute approximate surface area is 114 Å². The fraction of sp³-hybridized carbons (Fsp3) is 1.00. The van der Waals surface area contributed by atoms with Crippen LogP contribution < -0.4 is 5.32 Å². The molecule has 2 unspecified atom stereocenters. The summed E-state index contributed by atoms with van der Waals surface area (Å²) in [6.07, 6.45) is 7.06. The van der Waals surface area contributed by atoms with Crippen molar-refractivity contribution in [3.05, 3.63) is 0 Å². The van der Waals surface area contributed by atoms with Crippen molar-refractivity contribution in [3.63, 3.8) is 0 Å². The van der Waals surface area contributed by atoms with Crippen LogP contribution in [0.15, 0.2) is 0 Å². The maximum absolute atomic E-state index is 3.51. The summed E-state index contributed by atoms with van der Waals surface area (Å²) in [7, 11) is 2.13. The molecular weight excluding hydrogens is 220 g/mol. The van der Waals surface area contributed by atoms with Gasteiger partial charge in [-0.1, -0.05) is 27.2 Å². The smallest absolute Gasteiger partial charge is 0.0104 e. The van der Waals surface area contributed by atoms with Crippen molar-refractivity contribution < 1.29 is 0 Å². The lowest BCUT2D eigenvalue weighted by Gasteiger charge is -2.40. The zero-order valence-electron chi connectivity index (χ0n) is 12.8. The highest BCUT2D eigenvalue weighted by Gasteiger charge is 2.32. The molecule has 0 aromatic carbocycles. The normalized spacial score (nSPS) is 32.0. The number of nitrogens with one attached hydrogen (secondary N) is 1. The third-order valence-electron chi connectivity index (χ3n) is 5.33. The van der Waals surface area contributed by atoms with Gasteiger partial charge in [-0.15, -0.1) is 0 Å². The Morgan fingerprint density at radius 3 is 2.28 bits per heavy atom. The predicted octanol–water partition coefficient (Wildman–Crippen LogP) is 3.13. The molecule has 1 aliphatic carbocycles. The number of nitrogens with zero attached hydrogens (tertiary/aromatic N) is 1. The van der Waals surface area contributed by atoms with E-state index in [0.29, 0.717) is 5.41 Å². The number of hydrogen-bond acceptors (Lipinski definition) is 2. The molecule has 2 atom stereocenters. The Kier molecular flexibility index (Phi) is 4.71. The van der Waals surface area contributed by atoms with Gasteiger partial charge in [0, 0.05) is 12.6 Å². The molecule has 1 aliphatic heterocycles. The van der Waals surface area contributed by atoms with Crippen LogP contribution in [0.2, 0.25) is 0 Å². The molecular formula is C16H32N2. The average molecular weight is 252 g/mol. The minimum atomic E-state index is 0.507. The van der Waals surface area contributed by atoms with E-state index in [-0.39, 0.29) is 0 Å². The highest BCUT2D eigenvalue weighted by Crippen LogP contribution is 2.35. The molecule has 2 rings (SSSR count). The van der Waals surface area contributed by atoms with Crippen LogP contribution in [0, 0.1) is 17.3 Å². The van der Waals surface area contributed by atoms with Gasteiger partial charge in [-0.25, -0.2) is 0 Å². The van der Waals surface area contributed by atoms with Crippen LogP contribution in [0.25, 0.3) is 0 Å². The second-order valence-corrected chi connectivity index (χ2v) is 7.53. The fourth-order valence-electron chi connectivity index (χ4n) is 3.95. The van der Waals surface area contributed by atoms with E-state index in [4.69, 9.17) is 0 Å². The SMILES string of the molecule is CNC1CCCC1CN1CCC(C(C)(C)C)CC1. The van der Waals surface area contributed by atoms with Gasteiger partial charge in [0.15, 0.2) is 0 Å². The first-order chi connectivity index (χ1) is 8.50. The van der Waals surface area contributed by atoms with Crippen LogP contribution >= 0.6 is 0 Å². The second kappa shape index (κ2) is 5.92. The Bertz CT molecular complexity index is 248. The third kappa shape index (κ3) is 3.48. The van der Waals surface area contributed by atoms with Crippen LogP contribution in [0.4, 0.5) is 0 Å². The summed E-state index contributed by atoms with van der Waals surface area (Å²) in [5.41, 5.74) is 0.507. The molecule has 1 saturated heterocycles. The number of piperidine rings is 1. The molecule has 2 aliphatic rings. The summed E-state index contributed by atoms with van der Waals surface area (Å²) in [6, 6.07) is 0.783. The maximum Gasteiger partial charge on any atom is 0.0104 e. The van der Waals surface area contributed by atoms with Crippen molar-refractivity contribution in [1.29, 1.82) is 0 Å². The lowest BCUT2D eigenvalue weighted by molar-refractivity contribution is 0.0981. The predicted molar refractivity (Wildman–Crippen MR) is 78.8 cm³/mol. The largest absolute Gasteiger partial charge is 0.317 e. The van der Waals surface area contributed by atoms with E-state index in [0.717, 1.165) is 17.9 Å². The number of hydrogen-bond donors (Lipinski definition) is 1. The topological polar surface area (TPSA) is 15.3 Å². The Hall–Kier alpha value is -0.0800. The van der Waals surface area contributed by atoms with E-state index in [1.54, 1.807) is 0 Å². The Balaban J connectivity index is 1.77. The van der Waals surface area contributed by atoms with Crippen molar-refractivity contribution in [1.82, 2.24) is 10.2 Å². The summed E-state index contributed by atoms with van der Waals surface area (Å²) in [5.74, 6) is 1.83. The quantitative estimate of drug-likeness (QED) is 0.830. The summed E-state index contributed by atoms with van der Waals surface area (Å²) < 4.78 is 0. The third-order valence-corrected chi connectivity index (χ3v) is 5.33.